The molecule has 0 spiro atoms. The van der Waals surface area contributed by atoms with Crippen LogP contribution in [0.15, 0.2) is 6.07 Å². The van der Waals surface area contributed by atoms with Gasteiger partial charge in [-0.05, 0) is 18.8 Å². The summed E-state index contributed by atoms with van der Waals surface area (Å²) in [6.45, 7) is 0. The Morgan fingerprint density at radius 3 is 2.40 bits per heavy atom. The second-order valence-electron chi connectivity index (χ2n) is 3.78. The van der Waals surface area contributed by atoms with Crippen molar-refractivity contribution in [2.45, 2.75) is 18.9 Å². The molecule has 2 rings (SSSR count). The summed E-state index contributed by atoms with van der Waals surface area (Å²) in [6, 6.07) is -0.212. The van der Waals surface area contributed by atoms with Crippen LogP contribution in [-0.4, -0.2) is 5.11 Å². The predicted molar refractivity (Wildman–Crippen MR) is 47.6 cm³/mol. The summed E-state index contributed by atoms with van der Waals surface area (Å²) in [5, 5.41) is 9.32. The largest absolute Gasteiger partial charge is 0.507 e. The van der Waals surface area contributed by atoms with Crippen LogP contribution in [0.25, 0.3) is 0 Å². The number of hydrogen-bond donors (Lipinski definition) is 2. The van der Waals surface area contributed by atoms with Gasteiger partial charge in [0, 0.05) is 17.7 Å². The van der Waals surface area contributed by atoms with E-state index in [4.69, 9.17) is 5.73 Å². The lowest BCUT2D eigenvalue weighted by molar-refractivity contribution is 0.396. The van der Waals surface area contributed by atoms with Gasteiger partial charge in [0.05, 0.1) is 0 Å². The number of benzene rings is 1. The fraction of sp³-hybridized carbons (Fsp3) is 0.400. The molecule has 1 atom stereocenters. The molecule has 15 heavy (non-hydrogen) atoms. The fourth-order valence-corrected chi connectivity index (χ4v) is 1.60. The molecule has 1 aliphatic rings. The Morgan fingerprint density at radius 2 is 1.87 bits per heavy atom. The smallest absolute Gasteiger partial charge is 0.195 e. The minimum Gasteiger partial charge on any atom is -0.507 e. The van der Waals surface area contributed by atoms with Crippen molar-refractivity contribution in [3.05, 3.63) is 29.1 Å². The van der Waals surface area contributed by atoms with Gasteiger partial charge in [0.25, 0.3) is 0 Å². The second-order valence-corrected chi connectivity index (χ2v) is 3.78. The van der Waals surface area contributed by atoms with Crippen molar-refractivity contribution in [1.29, 1.82) is 0 Å². The Balaban J connectivity index is 2.49. The van der Waals surface area contributed by atoms with E-state index in [2.05, 4.69) is 0 Å². The molecule has 0 heterocycles. The normalized spacial score (nSPS) is 17.9. The first-order valence-corrected chi connectivity index (χ1v) is 4.64. The van der Waals surface area contributed by atoms with Crippen molar-refractivity contribution in [2.75, 3.05) is 0 Å². The van der Waals surface area contributed by atoms with E-state index in [1.165, 1.54) is 0 Å². The van der Waals surface area contributed by atoms with E-state index in [1.807, 2.05) is 0 Å². The molecule has 0 radical (unpaired) electrons. The summed E-state index contributed by atoms with van der Waals surface area (Å²) >= 11 is 0. The average molecular weight is 217 g/mol. The number of hydrogen-bond acceptors (Lipinski definition) is 2. The molecular weight excluding hydrogens is 207 g/mol. The van der Waals surface area contributed by atoms with Crippen molar-refractivity contribution in [2.24, 2.45) is 11.7 Å². The van der Waals surface area contributed by atoms with E-state index in [1.54, 1.807) is 0 Å². The molecule has 1 fully saturated rings. The van der Waals surface area contributed by atoms with E-state index >= 15 is 0 Å². The highest BCUT2D eigenvalue weighted by Gasteiger charge is 2.34. The topological polar surface area (TPSA) is 46.2 Å². The molecule has 1 saturated carbocycles. The number of phenolic OH excluding ortho intramolecular Hbond substituents is 1. The standard InChI is InChI=1S/C10H10F3NO/c11-5-3-6(15)7(9(13)8(5)12)10(14)4-1-2-4/h3-4,10,15H,1-2,14H2/t10-/m1/s1. The van der Waals surface area contributed by atoms with E-state index in [0.717, 1.165) is 12.8 Å². The van der Waals surface area contributed by atoms with E-state index in [9.17, 15) is 18.3 Å². The minimum absolute atomic E-state index is 0.0512. The molecule has 0 unspecified atom stereocenters. The summed E-state index contributed by atoms with van der Waals surface area (Å²) in [4.78, 5) is 0. The van der Waals surface area contributed by atoms with Crippen LogP contribution in [0, 0.1) is 23.4 Å². The molecule has 2 nitrogen and oxygen atoms in total. The number of halogens is 3. The Hall–Kier alpha value is -1.23. The van der Waals surface area contributed by atoms with E-state index < -0.39 is 29.2 Å². The highest BCUT2D eigenvalue weighted by Crippen LogP contribution is 2.43. The minimum atomic E-state index is -1.58. The number of nitrogens with two attached hydrogens (primary N) is 1. The molecule has 1 aliphatic carbocycles. The van der Waals surface area contributed by atoms with Crippen molar-refractivity contribution in [1.82, 2.24) is 0 Å². The van der Waals surface area contributed by atoms with Crippen LogP contribution in [-0.2, 0) is 0 Å². The van der Waals surface area contributed by atoms with Crippen LogP contribution in [0.5, 0.6) is 5.75 Å². The summed E-state index contributed by atoms with van der Waals surface area (Å²) in [5.74, 6) is -4.94. The molecule has 0 bridgehead atoms. The summed E-state index contributed by atoms with van der Waals surface area (Å²) < 4.78 is 38.9. The zero-order chi connectivity index (χ0) is 11.2. The number of phenols is 1. The SMILES string of the molecule is N[C@@H](c1c(O)cc(F)c(F)c1F)C1CC1. The molecule has 0 saturated heterocycles. The first kappa shape index (κ1) is 10.3. The second kappa shape index (κ2) is 3.41. The van der Waals surface area contributed by atoms with Crippen molar-refractivity contribution < 1.29 is 18.3 Å². The van der Waals surface area contributed by atoms with Gasteiger partial charge in [-0.2, -0.15) is 0 Å². The lowest BCUT2D eigenvalue weighted by Crippen LogP contribution is -2.15. The van der Waals surface area contributed by atoms with E-state index in [-0.39, 0.29) is 11.5 Å². The molecule has 1 aromatic rings. The first-order chi connectivity index (χ1) is 7.02. The Bertz CT molecular complexity index is 404. The molecule has 0 aliphatic heterocycles. The number of rotatable bonds is 2. The van der Waals surface area contributed by atoms with Crippen LogP contribution in [0.3, 0.4) is 0 Å². The highest BCUT2D eigenvalue weighted by atomic mass is 19.2. The Kier molecular flexibility index (Phi) is 2.34. The third-order valence-electron chi connectivity index (χ3n) is 2.64. The van der Waals surface area contributed by atoms with Gasteiger partial charge in [0.15, 0.2) is 17.5 Å². The zero-order valence-corrected chi connectivity index (χ0v) is 7.80. The van der Waals surface area contributed by atoms with Crippen LogP contribution >= 0.6 is 0 Å². The molecule has 82 valence electrons. The molecule has 5 heteroatoms. The monoisotopic (exact) mass is 217 g/mol. The summed E-state index contributed by atoms with van der Waals surface area (Å²) in [7, 11) is 0. The van der Waals surface area contributed by atoms with Crippen LogP contribution in [0.2, 0.25) is 0 Å². The molecule has 0 amide bonds. The lowest BCUT2D eigenvalue weighted by Gasteiger charge is -2.14. The third kappa shape index (κ3) is 1.67. The maximum atomic E-state index is 13.3. The number of aromatic hydroxyl groups is 1. The van der Waals surface area contributed by atoms with Gasteiger partial charge < -0.3 is 10.8 Å². The Morgan fingerprint density at radius 1 is 1.27 bits per heavy atom. The lowest BCUT2D eigenvalue weighted by atomic mass is 10.0. The average Bonchev–Trinajstić information content (AvgIpc) is 2.97. The molecular formula is C10H10F3NO. The Labute approximate surface area is 84.5 Å². The van der Waals surface area contributed by atoms with Crippen molar-refractivity contribution >= 4 is 0 Å². The van der Waals surface area contributed by atoms with Gasteiger partial charge in [0.1, 0.15) is 5.75 Å². The molecule has 1 aromatic carbocycles. The van der Waals surface area contributed by atoms with Crippen LogP contribution in [0.1, 0.15) is 24.4 Å². The molecule has 3 N–H and O–H groups in total. The fourth-order valence-electron chi connectivity index (χ4n) is 1.60. The maximum absolute atomic E-state index is 13.3. The predicted octanol–water partition coefficient (Wildman–Crippen LogP) is 2.22. The van der Waals surface area contributed by atoms with Gasteiger partial charge in [-0.25, -0.2) is 13.2 Å². The van der Waals surface area contributed by atoms with Gasteiger partial charge in [-0.3, -0.25) is 0 Å². The van der Waals surface area contributed by atoms with Crippen LogP contribution < -0.4 is 5.73 Å². The third-order valence-corrected chi connectivity index (χ3v) is 2.64. The van der Waals surface area contributed by atoms with Crippen LogP contribution in [0.4, 0.5) is 13.2 Å². The maximum Gasteiger partial charge on any atom is 0.195 e. The van der Waals surface area contributed by atoms with E-state index in [0.29, 0.717) is 6.07 Å². The van der Waals surface area contributed by atoms with Gasteiger partial charge in [-0.15, -0.1) is 0 Å². The van der Waals surface area contributed by atoms with Gasteiger partial charge in [-0.1, -0.05) is 0 Å². The highest BCUT2D eigenvalue weighted by molar-refractivity contribution is 5.38. The summed E-state index contributed by atoms with van der Waals surface area (Å²) in [5.41, 5.74) is 5.31. The molecule has 0 aromatic heterocycles. The van der Waals surface area contributed by atoms with Crippen molar-refractivity contribution in [3.63, 3.8) is 0 Å². The van der Waals surface area contributed by atoms with Gasteiger partial charge >= 0.3 is 0 Å². The quantitative estimate of drug-likeness (QED) is 0.746. The first-order valence-electron chi connectivity index (χ1n) is 4.64. The van der Waals surface area contributed by atoms with Crippen molar-refractivity contribution in [3.8, 4) is 5.75 Å². The van der Waals surface area contributed by atoms with Gasteiger partial charge in [0.2, 0.25) is 0 Å². The summed E-state index contributed by atoms with van der Waals surface area (Å²) in [6.07, 6.45) is 1.64. The zero-order valence-electron chi connectivity index (χ0n) is 7.80.